The number of aryl methyl sites for hydroxylation is 1. The second-order valence-electron chi connectivity index (χ2n) is 7.05. The molecular formula is C24H20F3NO3S. The van der Waals surface area contributed by atoms with Gasteiger partial charge in [-0.25, -0.2) is 8.42 Å². The Kier molecular flexibility index (Phi) is 6.84. The van der Waals surface area contributed by atoms with E-state index in [1.54, 1.807) is 24.3 Å². The molecule has 0 bridgehead atoms. The second-order valence-corrected chi connectivity index (χ2v) is 8.91. The molecule has 0 heterocycles. The number of rotatable bonds is 7. The van der Waals surface area contributed by atoms with Gasteiger partial charge in [0.25, 0.3) is 10.0 Å². The Bertz CT molecular complexity index is 1220. The van der Waals surface area contributed by atoms with Gasteiger partial charge in [-0.3, -0.25) is 9.10 Å². The predicted molar refractivity (Wildman–Crippen MR) is 118 cm³/mol. The quantitative estimate of drug-likeness (QED) is 0.424. The van der Waals surface area contributed by atoms with Crippen molar-refractivity contribution in [3.63, 3.8) is 0 Å². The molecule has 0 spiro atoms. The SMILES string of the molecule is Cc1ccc(S(=O)(=O)N(C/C=C/c2ccccc2)c2ccc(C(F)(F)F)c(C=O)c2)cc1. The lowest BCUT2D eigenvalue weighted by atomic mass is 10.1. The summed E-state index contributed by atoms with van der Waals surface area (Å²) in [5.41, 5.74) is -0.105. The average molecular weight is 459 g/mol. The van der Waals surface area contributed by atoms with E-state index in [1.807, 2.05) is 37.3 Å². The molecule has 166 valence electrons. The predicted octanol–water partition coefficient (Wildman–Crippen LogP) is 5.74. The average Bonchev–Trinajstić information content (AvgIpc) is 2.76. The zero-order chi connectivity index (χ0) is 23.4. The Morgan fingerprint density at radius 1 is 0.938 bits per heavy atom. The number of carbonyl (C=O) groups excluding carboxylic acids is 1. The standard InChI is InChI=1S/C24H20F3NO3S/c1-18-9-12-22(13-10-18)32(30,31)28(15-5-8-19-6-3-2-4-7-19)21-11-14-23(24(25,26)27)20(16-21)17-29/h2-14,16-17H,15H2,1H3/b8-5+. The Labute approximate surface area is 184 Å². The zero-order valence-corrected chi connectivity index (χ0v) is 17.9. The molecule has 0 aliphatic carbocycles. The summed E-state index contributed by atoms with van der Waals surface area (Å²) in [4.78, 5) is 11.3. The maximum absolute atomic E-state index is 13.3. The van der Waals surface area contributed by atoms with Gasteiger partial charge in [-0.1, -0.05) is 60.2 Å². The smallest absolute Gasteiger partial charge is 0.298 e. The molecule has 0 saturated heterocycles. The molecule has 0 N–H and O–H groups in total. The highest BCUT2D eigenvalue weighted by Crippen LogP contribution is 2.34. The molecule has 3 aromatic carbocycles. The molecule has 0 aliphatic rings. The first-order chi connectivity index (χ1) is 15.1. The van der Waals surface area contributed by atoms with E-state index in [9.17, 15) is 26.4 Å². The van der Waals surface area contributed by atoms with Crippen molar-refractivity contribution in [2.75, 3.05) is 10.8 Å². The third-order valence-corrected chi connectivity index (χ3v) is 6.55. The molecule has 0 amide bonds. The van der Waals surface area contributed by atoms with Crippen molar-refractivity contribution >= 4 is 28.1 Å². The van der Waals surface area contributed by atoms with Gasteiger partial charge >= 0.3 is 6.18 Å². The molecule has 0 fully saturated rings. The summed E-state index contributed by atoms with van der Waals surface area (Å²) in [6.07, 6.45) is -1.35. The van der Waals surface area contributed by atoms with Crippen LogP contribution in [0, 0.1) is 6.92 Å². The number of hydrogen-bond donors (Lipinski definition) is 0. The van der Waals surface area contributed by atoms with Crippen molar-refractivity contribution in [3.05, 3.63) is 101 Å². The maximum atomic E-state index is 13.3. The second kappa shape index (κ2) is 9.40. The van der Waals surface area contributed by atoms with Crippen molar-refractivity contribution in [2.45, 2.75) is 18.0 Å². The normalized spacial score (nSPS) is 12.1. The van der Waals surface area contributed by atoms with Crippen LogP contribution in [0.5, 0.6) is 0 Å². The van der Waals surface area contributed by atoms with E-state index in [4.69, 9.17) is 0 Å². The van der Waals surface area contributed by atoms with Crippen LogP contribution in [0.1, 0.15) is 27.0 Å². The van der Waals surface area contributed by atoms with E-state index in [0.717, 1.165) is 33.6 Å². The zero-order valence-electron chi connectivity index (χ0n) is 17.1. The van der Waals surface area contributed by atoms with Gasteiger partial charge < -0.3 is 0 Å². The van der Waals surface area contributed by atoms with Crippen LogP contribution in [0.3, 0.4) is 0 Å². The van der Waals surface area contributed by atoms with E-state index in [0.29, 0.717) is 0 Å². The van der Waals surface area contributed by atoms with Gasteiger partial charge in [-0.05, 0) is 42.8 Å². The first-order valence-electron chi connectivity index (χ1n) is 9.60. The van der Waals surface area contributed by atoms with Gasteiger partial charge in [0, 0.05) is 5.56 Å². The summed E-state index contributed by atoms with van der Waals surface area (Å²) >= 11 is 0. The molecule has 0 aliphatic heterocycles. The molecule has 3 aromatic rings. The van der Waals surface area contributed by atoms with Crippen molar-refractivity contribution in [2.24, 2.45) is 0 Å². The summed E-state index contributed by atoms with van der Waals surface area (Å²) in [7, 11) is -4.11. The van der Waals surface area contributed by atoms with Crippen LogP contribution in [0.15, 0.2) is 83.8 Å². The lowest BCUT2D eigenvalue weighted by Crippen LogP contribution is -2.31. The van der Waals surface area contributed by atoms with Crippen LogP contribution in [-0.4, -0.2) is 21.2 Å². The van der Waals surface area contributed by atoms with E-state index in [1.165, 1.54) is 12.1 Å². The fraction of sp³-hybridized carbons (Fsp3) is 0.125. The maximum Gasteiger partial charge on any atom is 0.417 e. The first-order valence-corrected chi connectivity index (χ1v) is 11.0. The number of benzene rings is 3. The van der Waals surface area contributed by atoms with Gasteiger partial charge in [0.2, 0.25) is 0 Å². The highest BCUT2D eigenvalue weighted by molar-refractivity contribution is 7.92. The number of hydrogen-bond acceptors (Lipinski definition) is 3. The fourth-order valence-corrected chi connectivity index (χ4v) is 4.50. The van der Waals surface area contributed by atoms with E-state index >= 15 is 0 Å². The van der Waals surface area contributed by atoms with Crippen LogP contribution in [0.4, 0.5) is 18.9 Å². The molecule has 0 saturated carbocycles. The molecule has 32 heavy (non-hydrogen) atoms. The Morgan fingerprint density at radius 3 is 2.19 bits per heavy atom. The van der Waals surface area contributed by atoms with Crippen LogP contribution >= 0.6 is 0 Å². The number of alkyl halides is 3. The lowest BCUT2D eigenvalue weighted by Gasteiger charge is -2.24. The van der Waals surface area contributed by atoms with E-state index in [2.05, 4.69) is 0 Å². The molecule has 3 rings (SSSR count). The third-order valence-electron chi connectivity index (χ3n) is 4.75. The summed E-state index contributed by atoms with van der Waals surface area (Å²) in [5.74, 6) is 0. The minimum absolute atomic E-state index is 0.0104. The Morgan fingerprint density at radius 2 is 1.59 bits per heavy atom. The van der Waals surface area contributed by atoms with Crippen molar-refractivity contribution in [3.8, 4) is 0 Å². The topological polar surface area (TPSA) is 54.5 Å². The van der Waals surface area contributed by atoms with Crippen molar-refractivity contribution in [1.29, 1.82) is 0 Å². The van der Waals surface area contributed by atoms with Crippen molar-refractivity contribution in [1.82, 2.24) is 0 Å². The number of nitrogens with zero attached hydrogens (tertiary/aromatic N) is 1. The number of halogens is 3. The molecule has 0 radical (unpaired) electrons. The molecule has 0 unspecified atom stereocenters. The summed E-state index contributed by atoms with van der Waals surface area (Å²) in [6.45, 7) is 1.66. The highest BCUT2D eigenvalue weighted by atomic mass is 32.2. The number of anilines is 1. The largest absolute Gasteiger partial charge is 0.417 e. The summed E-state index contributed by atoms with van der Waals surface area (Å²) in [6, 6.07) is 18.0. The summed E-state index contributed by atoms with van der Waals surface area (Å²) < 4.78 is 67.3. The number of aldehydes is 1. The molecular weight excluding hydrogens is 439 g/mol. The molecule has 0 aromatic heterocycles. The molecule has 8 heteroatoms. The number of carbonyl (C=O) groups is 1. The van der Waals surface area contributed by atoms with Gasteiger partial charge in [0.05, 0.1) is 22.7 Å². The van der Waals surface area contributed by atoms with Gasteiger partial charge in [0.1, 0.15) is 0 Å². The Balaban J connectivity index is 2.07. The van der Waals surface area contributed by atoms with E-state index in [-0.39, 0.29) is 23.4 Å². The minimum Gasteiger partial charge on any atom is -0.298 e. The van der Waals surface area contributed by atoms with E-state index < -0.39 is 27.3 Å². The van der Waals surface area contributed by atoms with Gasteiger partial charge in [-0.15, -0.1) is 0 Å². The van der Waals surface area contributed by atoms with Gasteiger partial charge in [-0.2, -0.15) is 13.2 Å². The monoisotopic (exact) mass is 459 g/mol. The highest BCUT2D eigenvalue weighted by Gasteiger charge is 2.34. The third kappa shape index (κ3) is 5.26. The minimum atomic E-state index is -4.73. The summed E-state index contributed by atoms with van der Waals surface area (Å²) in [5, 5.41) is 0. The van der Waals surface area contributed by atoms with Crippen LogP contribution in [-0.2, 0) is 16.2 Å². The van der Waals surface area contributed by atoms with Crippen molar-refractivity contribution < 1.29 is 26.4 Å². The number of sulfonamides is 1. The van der Waals surface area contributed by atoms with Crippen LogP contribution < -0.4 is 4.31 Å². The molecule has 0 atom stereocenters. The van der Waals surface area contributed by atoms with Gasteiger partial charge in [0.15, 0.2) is 6.29 Å². The Hall–Kier alpha value is -3.39. The van der Waals surface area contributed by atoms with Crippen LogP contribution in [0.2, 0.25) is 0 Å². The first kappa shape index (κ1) is 23.3. The lowest BCUT2D eigenvalue weighted by molar-refractivity contribution is -0.137. The fourth-order valence-electron chi connectivity index (χ4n) is 3.09. The van der Waals surface area contributed by atoms with Crippen LogP contribution in [0.25, 0.3) is 6.08 Å². The molecule has 4 nitrogen and oxygen atoms in total.